The molecule has 0 amide bonds. The van der Waals surface area contributed by atoms with Gasteiger partial charge in [-0.25, -0.2) is 0 Å². The highest BCUT2D eigenvalue weighted by Crippen LogP contribution is 2.04. The van der Waals surface area contributed by atoms with Crippen LogP contribution in [0.4, 0.5) is 0 Å². The van der Waals surface area contributed by atoms with Gasteiger partial charge in [0, 0.05) is 6.42 Å². The summed E-state index contributed by atoms with van der Waals surface area (Å²) < 4.78 is 0. The summed E-state index contributed by atoms with van der Waals surface area (Å²) in [5.41, 5.74) is 0. The van der Waals surface area contributed by atoms with Crippen molar-refractivity contribution in [3.8, 4) is 0 Å². The molecule has 11 heavy (non-hydrogen) atoms. The van der Waals surface area contributed by atoms with Crippen LogP contribution >= 0.6 is 11.8 Å². The summed E-state index contributed by atoms with van der Waals surface area (Å²) in [4.78, 5) is 20.4. The third-order valence-corrected chi connectivity index (χ3v) is 2.17. The van der Waals surface area contributed by atoms with Crippen LogP contribution in [0, 0.1) is 0 Å². The quantitative estimate of drug-likeness (QED) is 0.617. The van der Waals surface area contributed by atoms with Gasteiger partial charge in [0.2, 0.25) is 0 Å². The van der Waals surface area contributed by atoms with Gasteiger partial charge in [0.05, 0.1) is 5.75 Å². The Balaban J connectivity index is 3.03. The molecule has 0 aromatic heterocycles. The standard InChI is InChI=1S/C7H12O3S/c1-6(8)5-11-4-2-3-7(9)10/h2-5H2,1H3,(H,9,10). The van der Waals surface area contributed by atoms with Gasteiger partial charge in [-0.1, -0.05) is 0 Å². The zero-order valence-electron chi connectivity index (χ0n) is 6.50. The fourth-order valence-corrected chi connectivity index (χ4v) is 1.32. The van der Waals surface area contributed by atoms with Crippen molar-refractivity contribution in [2.75, 3.05) is 11.5 Å². The van der Waals surface area contributed by atoms with Crippen LogP contribution in [-0.4, -0.2) is 28.4 Å². The van der Waals surface area contributed by atoms with E-state index in [1.165, 1.54) is 18.7 Å². The van der Waals surface area contributed by atoms with Gasteiger partial charge in [-0.3, -0.25) is 9.59 Å². The maximum Gasteiger partial charge on any atom is 0.303 e. The summed E-state index contributed by atoms with van der Waals surface area (Å²) >= 11 is 1.49. The lowest BCUT2D eigenvalue weighted by molar-refractivity contribution is -0.137. The zero-order chi connectivity index (χ0) is 8.69. The van der Waals surface area contributed by atoms with Crippen molar-refractivity contribution >= 4 is 23.5 Å². The highest BCUT2D eigenvalue weighted by Gasteiger charge is 1.97. The van der Waals surface area contributed by atoms with Crippen molar-refractivity contribution < 1.29 is 14.7 Å². The molecule has 0 rings (SSSR count). The fourth-order valence-electron chi connectivity index (χ4n) is 0.541. The molecule has 0 saturated carbocycles. The van der Waals surface area contributed by atoms with Crippen molar-refractivity contribution in [1.29, 1.82) is 0 Å². The summed E-state index contributed by atoms with van der Waals surface area (Å²) in [6.45, 7) is 1.53. The van der Waals surface area contributed by atoms with Crippen LogP contribution in [0.5, 0.6) is 0 Å². The van der Waals surface area contributed by atoms with Crippen LogP contribution in [0.25, 0.3) is 0 Å². The molecule has 0 bridgehead atoms. The van der Waals surface area contributed by atoms with Gasteiger partial charge < -0.3 is 5.11 Å². The first-order valence-corrected chi connectivity index (χ1v) is 4.57. The number of carbonyl (C=O) groups is 2. The average Bonchev–Trinajstić information content (AvgIpc) is 1.85. The van der Waals surface area contributed by atoms with Crippen LogP contribution in [0.2, 0.25) is 0 Å². The van der Waals surface area contributed by atoms with E-state index in [2.05, 4.69) is 0 Å². The summed E-state index contributed by atoms with van der Waals surface area (Å²) in [6.07, 6.45) is 0.845. The lowest BCUT2D eigenvalue weighted by Crippen LogP contribution is -1.98. The Labute approximate surface area is 70.2 Å². The van der Waals surface area contributed by atoms with Crippen molar-refractivity contribution in [1.82, 2.24) is 0 Å². The number of hydrogen-bond acceptors (Lipinski definition) is 3. The number of carboxylic acid groups (broad SMARTS) is 1. The number of thioether (sulfide) groups is 1. The molecule has 0 atom stereocenters. The number of rotatable bonds is 6. The van der Waals surface area contributed by atoms with E-state index in [1.54, 1.807) is 0 Å². The van der Waals surface area contributed by atoms with Crippen molar-refractivity contribution in [2.45, 2.75) is 19.8 Å². The molecule has 64 valence electrons. The van der Waals surface area contributed by atoms with Gasteiger partial charge in [0.25, 0.3) is 0 Å². The monoisotopic (exact) mass is 176 g/mol. The van der Waals surface area contributed by atoms with Crippen LogP contribution < -0.4 is 0 Å². The molecule has 0 spiro atoms. The van der Waals surface area contributed by atoms with Crippen LogP contribution in [0.15, 0.2) is 0 Å². The number of Topliss-reactive ketones (excluding diaryl/α,β-unsaturated/α-hetero) is 1. The second-order valence-corrected chi connectivity index (χ2v) is 3.36. The normalized spacial score (nSPS) is 9.55. The molecular formula is C7H12O3S. The fraction of sp³-hybridized carbons (Fsp3) is 0.714. The summed E-state index contributed by atoms with van der Waals surface area (Å²) in [6, 6.07) is 0. The van der Waals surface area contributed by atoms with E-state index in [9.17, 15) is 9.59 Å². The average molecular weight is 176 g/mol. The lowest BCUT2D eigenvalue weighted by Gasteiger charge is -1.95. The van der Waals surface area contributed by atoms with Crippen LogP contribution in [0.1, 0.15) is 19.8 Å². The summed E-state index contributed by atoms with van der Waals surface area (Å²) in [5.74, 6) is 0.629. The van der Waals surface area contributed by atoms with Crippen molar-refractivity contribution in [2.24, 2.45) is 0 Å². The Kier molecular flexibility index (Phi) is 5.93. The Morgan fingerprint density at radius 1 is 1.45 bits per heavy atom. The first kappa shape index (κ1) is 10.5. The molecule has 0 aliphatic rings. The van der Waals surface area contributed by atoms with Gasteiger partial charge >= 0.3 is 5.97 Å². The molecule has 0 aromatic carbocycles. The van der Waals surface area contributed by atoms with Crippen molar-refractivity contribution in [3.63, 3.8) is 0 Å². The van der Waals surface area contributed by atoms with E-state index in [4.69, 9.17) is 5.11 Å². The topological polar surface area (TPSA) is 54.4 Å². The number of carbonyl (C=O) groups excluding carboxylic acids is 1. The smallest absolute Gasteiger partial charge is 0.303 e. The second kappa shape index (κ2) is 6.22. The Bertz CT molecular complexity index is 129. The van der Waals surface area contributed by atoms with E-state index in [0.29, 0.717) is 12.2 Å². The van der Waals surface area contributed by atoms with Crippen LogP contribution in [-0.2, 0) is 9.59 Å². The van der Waals surface area contributed by atoms with Crippen molar-refractivity contribution in [3.05, 3.63) is 0 Å². The predicted octanol–water partition coefficient (Wildman–Crippen LogP) is 1.17. The largest absolute Gasteiger partial charge is 0.481 e. The molecule has 3 nitrogen and oxygen atoms in total. The number of aliphatic carboxylic acids is 1. The first-order valence-electron chi connectivity index (χ1n) is 3.42. The molecule has 0 radical (unpaired) electrons. The molecule has 0 heterocycles. The molecule has 4 heteroatoms. The second-order valence-electron chi connectivity index (χ2n) is 2.25. The zero-order valence-corrected chi connectivity index (χ0v) is 7.32. The first-order chi connectivity index (χ1) is 5.13. The van der Waals surface area contributed by atoms with E-state index < -0.39 is 5.97 Å². The van der Waals surface area contributed by atoms with Crippen LogP contribution in [0.3, 0.4) is 0 Å². The Morgan fingerprint density at radius 2 is 2.09 bits per heavy atom. The minimum absolute atomic E-state index is 0.144. The number of ketones is 1. The summed E-state index contributed by atoms with van der Waals surface area (Å²) in [5, 5.41) is 8.25. The summed E-state index contributed by atoms with van der Waals surface area (Å²) in [7, 11) is 0. The molecule has 0 aromatic rings. The Hall–Kier alpha value is -0.510. The highest BCUT2D eigenvalue weighted by molar-refractivity contribution is 7.99. The number of hydrogen-bond donors (Lipinski definition) is 1. The predicted molar refractivity (Wildman–Crippen MR) is 44.9 cm³/mol. The van der Waals surface area contributed by atoms with Gasteiger partial charge in [0.1, 0.15) is 5.78 Å². The molecule has 0 unspecified atom stereocenters. The SMILES string of the molecule is CC(=O)CSCCCC(=O)O. The van der Waals surface area contributed by atoms with Gasteiger partial charge in [-0.2, -0.15) is 11.8 Å². The molecule has 0 aliphatic heterocycles. The van der Waals surface area contributed by atoms with E-state index >= 15 is 0 Å². The Morgan fingerprint density at radius 3 is 2.55 bits per heavy atom. The molecule has 1 N–H and O–H groups in total. The molecule has 0 aliphatic carbocycles. The third kappa shape index (κ3) is 9.49. The minimum atomic E-state index is -0.770. The maximum absolute atomic E-state index is 10.4. The van der Waals surface area contributed by atoms with E-state index in [1.807, 2.05) is 0 Å². The lowest BCUT2D eigenvalue weighted by atomic mass is 10.3. The maximum atomic E-state index is 10.4. The molecular weight excluding hydrogens is 164 g/mol. The number of carboxylic acids is 1. The van der Waals surface area contributed by atoms with E-state index in [-0.39, 0.29) is 12.2 Å². The third-order valence-electron chi connectivity index (χ3n) is 0.985. The van der Waals surface area contributed by atoms with Gasteiger partial charge in [-0.05, 0) is 19.1 Å². The van der Waals surface area contributed by atoms with E-state index in [0.717, 1.165) is 5.75 Å². The molecule has 0 saturated heterocycles. The van der Waals surface area contributed by atoms with Gasteiger partial charge in [-0.15, -0.1) is 0 Å². The highest BCUT2D eigenvalue weighted by atomic mass is 32.2. The molecule has 0 fully saturated rings. The van der Waals surface area contributed by atoms with Gasteiger partial charge in [0.15, 0.2) is 0 Å². The minimum Gasteiger partial charge on any atom is -0.481 e.